The quantitative estimate of drug-likeness (QED) is 0.884. The lowest BCUT2D eigenvalue weighted by atomic mass is 9.96. The van der Waals surface area contributed by atoms with E-state index in [0.29, 0.717) is 26.2 Å². The van der Waals surface area contributed by atoms with Gasteiger partial charge in [-0.2, -0.15) is 0 Å². The first kappa shape index (κ1) is 17.5. The van der Waals surface area contributed by atoms with Crippen molar-refractivity contribution in [3.8, 4) is 0 Å². The number of likely N-dealkylation sites (tertiary alicyclic amines) is 1. The summed E-state index contributed by atoms with van der Waals surface area (Å²) in [4.78, 5) is 29.9. The monoisotopic (exact) mass is 348 g/mol. The number of primary amides is 1. The number of halogens is 1. The number of carbonyl (C=O) groups excluding carboxylic acids is 2. The van der Waals surface area contributed by atoms with Crippen LogP contribution < -0.4 is 10.6 Å². The minimum absolute atomic E-state index is 0.118. The molecule has 0 bridgehead atoms. The first-order valence-electron chi connectivity index (χ1n) is 8.88. The second kappa shape index (κ2) is 7.72. The molecule has 0 spiro atoms. The number of benzene rings is 1. The van der Waals surface area contributed by atoms with Crippen molar-refractivity contribution >= 4 is 17.6 Å². The molecule has 2 saturated heterocycles. The van der Waals surface area contributed by atoms with Gasteiger partial charge in [0.15, 0.2) is 0 Å². The number of hydrogen-bond acceptors (Lipinski definition) is 3. The lowest BCUT2D eigenvalue weighted by Crippen LogP contribution is -2.48. The Morgan fingerprint density at radius 3 is 2.40 bits per heavy atom. The van der Waals surface area contributed by atoms with Crippen molar-refractivity contribution in [1.82, 2.24) is 9.80 Å². The highest BCUT2D eigenvalue weighted by Crippen LogP contribution is 2.21. The summed E-state index contributed by atoms with van der Waals surface area (Å²) in [5, 5.41) is 0. The number of piperidine rings is 1. The minimum atomic E-state index is -0.448. The summed E-state index contributed by atoms with van der Waals surface area (Å²) in [5.41, 5.74) is 6.33. The summed E-state index contributed by atoms with van der Waals surface area (Å²) in [7, 11) is 0. The standard InChI is InChI=1S/C18H25FN4O2/c19-15-4-6-16(7-5-15)21-9-2-10-22(12-11-21)17(24)14-3-1-8-23(13-14)18(20)25/h4-7,14H,1-3,8-13H2,(H2,20,25). The van der Waals surface area contributed by atoms with Gasteiger partial charge in [0.2, 0.25) is 5.91 Å². The number of amides is 3. The molecule has 136 valence electrons. The molecule has 3 amide bonds. The maximum atomic E-state index is 13.1. The summed E-state index contributed by atoms with van der Waals surface area (Å²) in [6.45, 7) is 3.98. The Labute approximate surface area is 147 Å². The van der Waals surface area contributed by atoms with Crippen molar-refractivity contribution in [1.29, 1.82) is 0 Å². The molecule has 7 heteroatoms. The molecular weight excluding hydrogens is 323 g/mol. The van der Waals surface area contributed by atoms with E-state index in [1.54, 1.807) is 17.0 Å². The van der Waals surface area contributed by atoms with Crippen LogP contribution in [-0.4, -0.2) is 61.0 Å². The molecule has 0 aromatic heterocycles. The highest BCUT2D eigenvalue weighted by atomic mass is 19.1. The zero-order chi connectivity index (χ0) is 17.8. The van der Waals surface area contributed by atoms with Crippen LogP contribution in [0.3, 0.4) is 0 Å². The van der Waals surface area contributed by atoms with E-state index in [9.17, 15) is 14.0 Å². The first-order chi connectivity index (χ1) is 12.0. The van der Waals surface area contributed by atoms with Gasteiger partial charge >= 0.3 is 6.03 Å². The molecule has 25 heavy (non-hydrogen) atoms. The lowest BCUT2D eigenvalue weighted by molar-refractivity contribution is -0.136. The van der Waals surface area contributed by atoms with Crippen LogP contribution in [0.5, 0.6) is 0 Å². The number of rotatable bonds is 2. The molecule has 1 aromatic rings. The van der Waals surface area contributed by atoms with Gasteiger partial charge in [0, 0.05) is 45.0 Å². The molecule has 3 rings (SSSR count). The Morgan fingerprint density at radius 2 is 1.68 bits per heavy atom. The zero-order valence-corrected chi connectivity index (χ0v) is 14.4. The fourth-order valence-electron chi connectivity index (χ4n) is 3.69. The van der Waals surface area contributed by atoms with Crippen LogP contribution in [0.4, 0.5) is 14.9 Å². The maximum Gasteiger partial charge on any atom is 0.314 e. The van der Waals surface area contributed by atoms with Crippen LogP contribution in [0.25, 0.3) is 0 Å². The van der Waals surface area contributed by atoms with Crippen molar-refractivity contribution in [2.45, 2.75) is 19.3 Å². The highest BCUT2D eigenvalue weighted by molar-refractivity contribution is 5.80. The number of nitrogens with zero attached hydrogens (tertiary/aromatic N) is 3. The van der Waals surface area contributed by atoms with Gasteiger partial charge in [-0.15, -0.1) is 0 Å². The predicted octanol–water partition coefficient (Wildman–Crippen LogP) is 1.66. The molecule has 0 radical (unpaired) electrons. The van der Waals surface area contributed by atoms with E-state index in [4.69, 9.17) is 5.73 Å². The van der Waals surface area contributed by atoms with E-state index in [0.717, 1.165) is 38.0 Å². The molecule has 1 atom stereocenters. The summed E-state index contributed by atoms with van der Waals surface area (Å²) < 4.78 is 13.1. The van der Waals surface area contributed by atoms with Crippen molar-refractivity contribution < 1.29 is 14.0 Å². The van der Waals surface area contributed by atoms with Crippen LogP contribution in [0.15, 0.2) is 24.3 Å². The molecule has 1 unspecified atom stereocenters. The fourth-order valence-corrected chi connectivity index (χ4v) is 3.69. The van der Waals surface area contributed by atoms with Gasteiger partial charge < -0.3 is 20.4 Å². The van der Waals surface area contributed by atoms with E-state index in [1.807, 2.05) is 4.90 Å². The normalized spacial score (nSPS) is 21.8. The lowest BCUT2D eigenvalue weighted by Gasteiger charge is -2.33. The van der Waals surface area contributed by atoms with Gasteiger partial charge in [0.1, 0.15) is 5.82 Å². The fraction of sp³-hybridized carbons (Fsp3) is 0.556. The molecule has 6 nitrogen and oxygen atoms in total. The van der Waals surface area contributed by atoms with Crippen molar-refractivity contribution in [2.24, 2.45) is 11.7 Å². The average molecular weight is 348 g/mol. The Kier molecular flexibility index (Phi) is 5.40. The maximum absolute atomic E-state index is 13.1. The molecule has 2 aliphatic rings. The van der Waals surface area contributed by atoms with Crippen molar-refractivity contribution in [3.05, 3.63) is 30.1 Å². The third-order valence-electron chi connectivity index (χ3n) is 5.08. The molecule has 1 aromatic carbocycles. The second-order valence-electron chi connectivity index (χ2n) is 6.77. The molecule has 2 heterocycles. The van der Waals surface area contributed by atoms with Gasteiger partial charge in [0.25, 0.3) is 0 Å². The van der Waals surface area contributed by atoms with E-state index < -0.39 is 6.03 Å². The van der Waals surface area contributed by atoms with Crippen LogP contribution >= 0.6 is 0 Å². The van der Waals surface area contributed by atoms with Crippen molar-refractivity contribution in [2.75, 3.05) is 44.2 Å². The Hall–Kier alpha value is -2.31. The summed E-state index contributed by atoms with van der Waals surface area (Å²) in [6, 6.07) is 6.03. The third-order valence-corrected chi connectivity index (χ3v) is 5.08. The Balaban J connectivity index is 1.59. The van der Waals surface area contributed by atoms with E-state index in [2.05, 4.69) is 4.90 Å². The third kappa shape index (κ3) is 4.21. The van der Waals surface area contributed by atoms with Gasteiger partial charge in [-0.05, 0) is 43.5 Å². The van der Waals surface area contributed by atoms with Crippen LogP contribution in [0.1, 0.15) is 19.3 Å². The number of carbonyl (C=O) groups is 2. The zero-order valence-electron chi connectivity index (χ0n) is 14.4. The Bertz CT molecular complexity index is 622. The van der Waals surface area contributed by atoms with E-state index in [-0.39, 0.29) is 17.6 Å². The molecule has 2 aliphatic heterocycles. The topological polar surface area (TPSA) is 69.9 Å². The van der Waals surface area contributed by atoms with Gasteiger partial charge in [-0.25, -0.2) is 9.18 Å². The summed E-state index contributed by atoms with van der Waals surface area (Å²) in [6.07, 6.45) is 2.49. The number of urea groups is 1. The molecule has 0 saturated carbocycles. The smallest absolute Gasteiger partial charge is 0.314 e. The van der Waals surface area contributed by atoms with E-state index in [1.165, 1.54) is 12.1 Å². The van der Waals surface area contributed by atoms with Gasteiger partial charge in [0.05, 0.1) is 5.92 Å². The van der Waals surface area contributed by atoms with Crippen LogP contribution in [0.2, 0.25) is 0 Å². The van der Waals surface area contributed by atoms with E-state index >= 15 is 0 Å². The largest absolute Gasteiger partial charge is 0.370 e. The number of anilines is 1. The predicted molar refractivity (Wildman–Crippen MR) is 93.7 cm³/mol. The summed E-state index contributed by atoms with van der Waals surface area (Å²) >= 11 is 0. The minimum Gasteiger partial charge on any atom is -0.370 e. The SMILES string of the molecule is NC(=O)N1CCCC(C(=O)N2CCCN(c3ccc(F)cc3)CC2)C1. The molecular formula is C18H25FN4O2. The van der Waals surface area contributed by atoms with Crippen LogP contribution in [0, 0.1) is 11.7 Å². The molecule has 0 aliphatic carbocycles. The first-order valence-corrected chi connectivity index (χ1v) is 8.88. The highest BCUT2D eigenvalue weighted by Gasteiger charge is 2.31. The number of nitrogens with two attached hydrogens (primary N) is 1. The Morgan fingerprint density at radius 1 is 0.960 bits per heavy atom. The summed E-state index contributed by atoms with van der Waals surface area (Å²) in [5.74, 6) is -0.280. The van der Waals surface area contributed by atoms with Crippen LogP contribution in [-0.2, 0) is 4.79 Å². The van der Waals surface area contributed by atoms with Gasteiger partial charge in [-0.1, -0.05) is 0 Å². The molecule has 2 N–H and O–H groups in total. The van der Waals surface area contributed by atoms with Gasteiger partial charge in [-0.3, -0.25) is 4.79 Å². The molecule has 2 fully saturated rings. The number of hydrogen-bond donors (Lipinski definition) is 1. The average Bonchev–Trinajstić information content (AvgIpc) is 2.88. The second-order valence-corrected chi connectivity index (χ2v) is 6.77. The van der Waals surface area contributed by atoms with Crippen molar-refractivity contribution in [3.63, 3.8) is 0 Å².